The first kappa shape index (κ1) is 12.4. The largest absolute Gasteiger partial charge is 0.494 e. The summed E-state index contributed by atoms with van der Waals surface area (Å²) >= 11 is 0. The van der Waals surface area contributed by atoms with Crippen molar-refractivity contribution in [3.63, 3.8) is 0 Å². The maximum Gasteiger partial charge on any atom is 0.219 e. The van der Waals surface area contributed by atoms with Gasteiger partial charge >= 0.3 is 0 Å². The quantitative estimate of drug-likeness (QED) is 0.869. The van der Waals surface area contributed by atoms with Crippen LogP contribution in [0.15, 0.2) is 30.5 Å². The number of hydrogen-bond donors (Lipinski definition) is 1. The summed E-state index contributed by atoms with van der Waals surface area (Å²) in [6.07, 6.45) is 2.21. The van der Waals surface area contributed by atoms with Gasteiger partial charge in [-0.15, -0.1) is 0 Å². The predicted molar refractivity (Wildman–Crippen MR) is 67.5 cm³/mol. The third kappa shape index (κ3) is 2.17. The van der Waals surface area contributed by atoms with Crippen LogP contribution in [-0.2, 0) is 6.42 Å². The molecule has 0 spiro atoms. The Morgan fingerprint density at radius 3 is 2.67 bits per heavy atom. The summed E-state index contributed by atoms with van der Waals surface area (Å²) in [6.45, 7) is 0.0635. The van der Waals surface area contributed by atoms with Crippen molar-refractivity contribution in [1.82, 2.24) is 9.78 Å². The van der Waals surface area contributed by atoms with Crippen LogP contribution in [0.5, 0.6) is 11.6 Å². The lowest BCUT2D eigenvalue weighted by molar-refractivity contribution is 0.296. The Hall–Kier alpha value is -2.01. The van der Waals surface area contributed by atoms with Crippen LogP contribution < -0.4 is 9.47 Å². The molecule has 0 unspecified atom stereocenters. The van der Waals surface area contributed by atoms with Crippen LogP contribution in [0.25, 0.3) is 5.69 Å². The van der Waals surface area contributed by atoms with Crippen molar-refractivity contribution in [2.45, 2.75) is 6.42 Å². The third-order valence-corrected chi connectivity index (χ3v) is 2.68. The first-order chi connectivity index (χ1) is 8.81. The normalized spacial score (nSPS) is 10.4. The molecular weight excluding hydrogens is 232 g/mol. The molecule has 0 saturated heterocycles. The van der Waals surface area contributed by atoms with Crippen LogP contribution in [0.3, 0.4) is 0 Å². The Balaban J connectivity index is 2.50. The van der Waals surface area contributed by atoms with Crippen LogP contribution in [0.2, 0.25) is 0 Å². The third-order valence-electron chi connectivity index (χ3n) is 2.68. The van der Waals surface area contributed by atoms with Crippen molar-refractivity contribution in [2.75, 3.05) is 20.8 Å². The molecule has 0 aliphatic carbocycles. The Bertz CT molecular complexity index is 523. The molecule has 0 aliphatic rings. The smallest absolute Gasteiger partial charge is 0.219 e. The van der Waals surface area contributed by atoms with Gasteiger partial charge in [0.15, 0.2) is 0 Å². The molecule has 5 heteroatoms. The number of rotatable bonds is 5. The number of aliphatic hydroxyl groups excluding tert-OH is 1. The second-order valence-electron chi connectivity index (χ2n) is 3.74. The molecule has 1 N–H and O–H groups in total. The lowest BCUT2D eigenvalue weighted by atomic mass is 10.2. The second kappa shape index (κ2) is 5.55. The van der Waals surface area contributed by atoms with Crippen molar-refractivity contribution in [2.24, 2.45) is 0 Å². The van der Waals surface area contributed by atoms with Gasteiger partial charge in [-0.25, -0.2) is 0 Å². The van der Waals surface area contributed by atoms with E-state index in [9.17, 15) is 0 Å². The number of aromatic nitrogens is 2. The Labute approximate surface area is 106 Å². The zero-order valence-electron chi connectivity index (χ0n) is 10.5. The summed E-state index contributed by atoms with van der Waals surface area (Å²) < 4.78 is 12.3. The maximum atomic E-state index is 9.00. The van der Waals surface area contributed by atoms with Gasteiger partial charge in [-0.05, 0) is 12.1 Å². The Morgan fingerprint density at radius 1 is 1.22 bits per heavy atom. The molecule has 0 aliphatic heterocycles. The molecule has 2 aromatic rings. The molecule has 18 heavy (non-hydrogen) atoms. The molecule has 0 saturated carbocycles. The van der Waals surface area contributed by atoms with Crippen LogP contribution in [0, 0.1) is 0 Å². The molecule has 0 radical (unpaired) electrons. The van der Waals surface area contributed by atoms with E-state index < -0.39 is 0 Å². The first-order valence-corrected chi connectivity index (χ1v) is 5.67. The van der Waals surface area contributed by atoms with E-state index in [2.05, 4.69) is 5.10 Å². The minimum absolute atomic E-state index is 0.0635. The Morgan fingerprint density at radius 2 is 2.00 bits per heavy atom. The average Bonchev–Trinajstić information content (AvgIpc) is 2.81. The molecule has 0 fully saturated rings. The van der Waals surface area contributed by atoms with Crippen molar-refractivity contribution < 1.29 is 14.6 Å². The fourth-order valence-electron chi connectivity index (χ4n) is 1.86. The summed E-state index contributed by atoms with van der Waals surface area (Å²) in [4.78, 5) is 0. The number of nitrogens with zero attached hydrogens (tertiary/aromatic N) is 2. The minimum atomic E-state index is 0.0635. The number of ether oxygens (including phenoxy) is 2. The van der Waals surface area contributed by atoms with E-state index in [1.807, 2.05) is 24.3 Å². The highest BCUT2D eigenvalue weighted by Crippen LogP contribution is 2.28. The Kier molecular flexibility index (Phi) is 3.84. The van der Waals surface area contributed by atoms with Gasteiger partial charge in [-0.1, -0.05) is 12.1 Å². The molecule has 0 atom stereocenters. The van der Waals surface area contributed by atoms with E-state index >= 15 is 0 Å². The van der Waals surface area contributed by atoms with Gasteiger partial charge in [0.25, 0.3) is 0 Å². The van der Waals surface area contributed by atoms with Gasteiger partial charge in [-0.2, -0.15) is 9.78 Å². The molecule has 1 aromatic heterocycles. The topological polar surface area (TPSA) is 56.5 Å². The number of aliphatic hydroxyl groups is 1. The van der Waals surface area contributed by atoms with E-state index in [0.29, 0.717) is 12.3 Å². The highest BCUT2D eigenvalue weighted by atomic mass is 16.5. The van der Waals surface area contributed by atoms with E-state index in [0.717, 1.165) is 17.0 Å². The van der Waals surface area contributed by atoms with Gasteiger partial charge in [0, 0.05) is 18.6 Å². The molecule has 2 rings (SSSR count). The van der Waals surface area contributed by atoms with E-state index in [1.165, 1.54) is 0 Å². The van der Waals surface area contributed by atoms with Gasteiger partial charge in [0.2, 0.25) is 5.88 Å². The standard InChI is InChI=1S/C13H16N2O3/c1-17-12-6-4-3-5-11(12)15-13(18-2)10(7-8-16)9-14-15/h3-6,9,16H,7-8H2,1-2H3. The minimum Gasteiger partial charge on any atom is -0.494 e. The number of para-hydroxylation sites is 2. The lowest BCUT2D eigenvalue weighted by Gasteiger charge is -2.11. The van der Waals surface area contributed by atoms with Gasteiger partial charge in [0.05, 0.1) is 20.4 Å². The fourth-order valence-corrected chi connectivity index (χ4v) is 1.86. The zero-order valence-corrected chi connectivity index (χ0v) is 10.5. The lowest BCUT2D eigenvalue weighted by Crippen LogP contribution is -2.03. The average molecular weight is 248 g/mol. The van der Waals surface area contributed by atoms with Crippen molar-refractivity contribution in [1.29, 1.82) is 0 Å². The van der Waals surface area contributed by atoms with Crippen LogP contribution in [-0.4, -0.2) is 35.7 Å². The van der Waals surface area contributed by atoms with E-state index in [-0.39, 0.29) is 6.61 Å². The molecule has 0 bridgehead atoms. The summed E-state index contributed by atoms with van der Waals surface area (Å²) in [5.41, 5.74) is 1.67. The monoisotopic (exact) mass is 248 g/mol. The molecule has 0 amide bonds. The zero-order chi connectivity index (χ0) is 13.0. The van der Waals surface area contributed by atoms with E-state index in [1.54, 1.807) is 25.1 Å². The number of benzene rings is 1. The summed E-state index contributed by atoms with van der Waals surface area (Å²) in [5.74, 6) is 1.34. The van der Waals surface area contributed by atoms with Crippen LogP contribution in [0.1, 0.15) is 5.56 Å². The highest BCUT2D eigenvalue weighted by molar-refractivity contribution is 5.49. The first-order valence-electron chi connectivity index (χ1n) is 5.67. The van der Waals surface area contributed by atoms with Crippen molar-refractivity contribution >= 4 is 0 Å². The predicted octanol–water partition coefficient (Wildman–Crippen LogP) is 1.42. The summed E-state index contributed by atoms with van der Waals surface area (Å²) in [6, 6.07) is 7.57. The van der Waals surface area contributed by atoms with Gasteiger partial charge in [-0.3, -0.25) is 0 Å². The molecule has 1 aromatic carbocycles. The number of methoxy groups -OCH3 is 2. The molecular formula is C13H16N2O3. The maximum absolute atomic E-state index is 9.00. The molecule has 5 nitrogen and oxygen atoms in total. The SMILES string of the molecule is COc1ccccc1-n1ncc(CCO)c1OC. The fraction of sp³-hybridized carbons (Fsp3) is 0.308. The highest BCUT2D eigenvalue weighted by Gasteiger charge is 2.15. The van der Waals surface area contributed by atoms with Gasteiger partial charge < -0.3 is 14.6 Å². The van der Waals surface area contributed by atoms with Crippen molar-refractivity contribution in [3.8, 4) is 17.3 Å². The van der Waals surface area contributed by atoms with Gasteiger partial charge in [0.1, 0.15) is 11.4 Å². The van der Waals surface area contributed by atoms with E-state index in [4.69, 9.17) is 14.6 Å². The van der Waals surface area contributed by atoms with Crippen LogP contribution in [0.4, 0.5) is 0 Å². The van der Waals surface area contributed by atoms with Crippen molar-refractivity contribution in [3.05, 3.63) is 36.0 Å². The summed E-state index contributed by atoms with van der Waals surface area (Å²) in [5, 5.41) is 13.3. The molecule has 1 heterocycles. The number of hydrogen-bond acceptors (Lipinski definition) is 4. The molecule has 96 valence electrons. The summed E-state index contributed by atoms with van der Waals surface area (Å²) in [7, 11) is 3.20. The van der Waals surface area contributed by atoms with Crippen LogP contribution >= 0.6 is 0 Å². The second-order valence-corrected chi connectivity index (χ2v) is 3.74.